The molecular formula is C21H26ClFN4O2. The molecule has 0 unspecified atom stereocenters. The van der Waals surface area contributed by atoms with Crippen molar-refractivity contribution in [2.24, 2.45) is 0 Å². The summed E-state index contributed by atoms with van der Waals surface area (Å²) in [6.45, 7) is 8.59. The van der Waals surface area contributed by atoms with Crippen LogP contribution in [0.5, 0.6) is 0 Å². The van der Waals surface area contributed by atoms with Crippen LogP contribution in [0.1, 0.15) is 39.8 Å². The van der Waals surface area contributed by atoms with Crippen molar-refractivity contribution in [1.29, 1.82) is 0 Å². The number of rotatable bonds is 2. The maximum Gasteiger partial charge on any atom is 0.303 e. The number of nitrogens with zero attached hydrogens (tertiary/aromatic N) is 2. The zero-order chi connectivity index (χ0) is 21.6. The maximum atomic E-state index is 13.9. The summed E-state index contributed by atoms with van der Waals surface area (Å²) in [5, 5.41) is 11.9. The number of hydrogen-bond acceptors (Lipinski definition) is 6. The molecule has 3 rings (SSSR count). The van der Waals surface area contributed by atoms with E-state index in [4.69, 9.17) is 22.1 Å². The molecule has 156 valence electrons. The van der Waals surface area contributed by atoms with Crippen LogP contribution in [0.25, 0.3) is 16.8 Å². The first-order valence-electron chi connectivity index (χ1n) is 9.25. The van der Waals surface area contributed by atoms with Crippen molar-refractivity contribution in [2.45, 2.75) is 39.7 Å². The number of ether oxygens (including phenoxy) is 1. The molecule has 0 saturated carbocycles. The zero-order valence-corrected chi connectivity index (χ0v) is 17.8. The molecule has 1 aromatic carbocycles. The van der Waals surface area contributed by atoms with Crippen LogP contribution in [0.2, 0.25) is 5.02 Å². The molecule has 0 aliphatic carbocycles. The van der Waals surface area contributed by atoms with Gasteiger partial charge in [-0.3, -0.25) is 4.79 Å². The number of anilines is 1. The third-order valence-corrected chi connectivity index (χ3v) is 4.04. The fourth-order valence-corrected chi connectivity index (χ4v) is 2.91. The number of nitrogens with two attached hydrogens (primary N) is 1. The Labute approximate surface area is 175 Å². The second-order valence-electron chi connectivity index (χ2n) is 7.56. The number of aromatic nitrogens is 2. The van der Waals surface area contributed by atoms with Gasteiger partial charge in [0.25, 0.3) is 0 Å². The first-order chi connectivity index (χ1) is 13.6. The largest absolute Gasteiger partial charge is 0.460 e. The van der Waals surface area contributed by atoms with Crippen molar-refractivity contribution in [3.63, 3.8) is 0 Å². The molecule has 0 amide bonds. The first kappa shape index (κ1) is 22.8. The Bertz CT molecular complexity index is 910. The van der Waals surface area contributed by atoms with Gasteiger partial charge in [0.05, 0.1) is 11.4 Å². The van der Waals surface area contributed by atoms with Gasteiger partial charge in [-0.25, -0.2) is 4.39 Å². The molecule has 0 radical (unpaired) electrons. The van der Waals surface area contributed by atoms with Gasteiger partial charge in [-0.15, -0.1) is 10.2 Å². The van der Waals surface area contributed by atoms with Gasteiger partial charge in [0.1, 0.15) is 17.1 Å². The Morgan fingerprint density at radius 2 is 2.00 bits per heavy atom. The van der Waals surface area contributed by atoms with Crippen molar-refractivity contribution in [3.8, 4) is 11.3 Å². The maximum absolute atomic E-state index is 13.9. The summed E-state index contributed by atoms with van der Waals surface area (Å²) in [7, 11) is 0. The van der Waals surface area contributed by atoms with E-state index in [-0.39, 0.29) is 11.6 Å². The normalized spacial score (nSPS) is 13.8. The first-order valence-corrected chi connectivity index (χ1v) is 9.63. The number of esters is 1. The van der Waals surface area contributed by atoms with Crippen LogP contribution in [0.4, 0.5) is 10.1 Å². The monoisotopic (exact) mass is 420 g/mol. The average Bonchev–Trinajstić information content (AvgIpc) is 2.63. The highest BCUT2D eigenvalue weighted by Crippen LogP contribution is 2.28. The Balaban J connectivity index is 0.000000321. The third-order valence-electron chi connectivity index (χ3n) is 3.81. The number of halogens is 2. The molecule has 0 bridgehead atoms. The summed E-state index contributed by atoms with van der Waals surface area (Å²) in [6.07, 6.45) is 3.03. The number of hydrogen-bond donors (Lipinski definition) is 2. The smallest absolute Gasteiger partial charge is 0.303 e. The lowest BCUT2D eigenvalue weighted by Crippen LogP contribution is -2.22. The predicted octanol–water partition coefficient (Wildman–Crippen LogP) is 4.24. The van der Waals surface area contributed by atoms with E-state index in [0.29, 0.717) is 34.2 Å². The Morgan fingerprint density at radius 3 is 2.52 bits per heavy atom. The lowest BCUT2D eigenvalue weighted by Gasteiger charge is -2.17. The van der Waals surface area contributed by atoms with Gasteiger partial charge in [0, 0.05) is 24.1 Å². The molecule has 0 spiro atoms. The zero-order valence-electron chi connectivity index (χ0n) is 17.1. The standard InChI is InChI=1S/C15H14ClFN4.C6H12O2/c16-10-3-4-12(17)11(6-10)14-7-13(18)15(21-20-14)9-2-1-5-19-8-9;1-5(7)8-6(2,3)4/h2-4,6-7,19H,1,5,8H2,(H2,18,20);1-4H3. The Hall–Kier alpha value is -2.51. The highest BCUT2D eigenvalue weighted by molar-refractivity contribution is 6.30. The number of carbonyl (C=O) groups excluding carboxylic acids is 1. The minimum Gasteiger partial charge on any atom is -0.460 e. The van der Waals surface area contributed by atoms with E-state index in [0.717, 1.165) is 18.5 Å². The fourth-order valence-electron chi connectivity index (χ4n) is 2.74. The quantitative estimate of drug-likeness (QED) is 0.706. The molecule has 6 nitrogen and oxygen atoms in total. The topological polar surface area (TPSA) is 90.1 Å². The molecule has 1 aliphatic heterocycles. The van der Waals surface area contributed by atoms with E-state index in [2.05, 4.69) is 21.6 Å². The number of nitrogen functional groups attached to an aromatic ring is 1. The van der Waals surface area contributed by atoms with Crippen molar-refractivity contribution in [3.05, 3.63) is 46.9 Å². The summed E-state index contributed by atoms with van der Waals surface area (Å²) in [5.74, 6) is -0.628. The lowest BCUT2D eigenvalue weighted by molar-refractivity contribution is -0.151. The molecule has 0 fully saturated rings. The van der Waals surface area contributed by atoms with Gasteiger partial charge >= 0.3 is 5.97 Å². The van der Waals surface area contributed by atoms with E-state index < -0.39 is 5.82 Å². The number of nitrogens with one attached hydrogen (secondary N) is 1. The van der Waals surface area contributed by atoms with Gasteiger partial charge in [0.15, 0.2) is 0 Å². The molecule has 2 heterocycles. The summed E-state index contributed by atoms with van der Waals surface area (Å²) in [6, 6.07) is 5.94. The lowest BCUT2D eigenvalue weighted by atomic mass is 10.0. The number of benzene rings is 1. The fraction of sp³-hybridized carbons (Fsp3) is 0.381. The van der Waals surface area contributed by atoms with Crippen LogP contribution < -0.4 is 11.1 Å². The predicted molar refractivity (Wildman–Crippen MR) is 114 cm³/mol. The highest BCUT2D eigenvalue weighted by atomic mass is 35.5. The van der Waals surface area contributed by atoms with Gasteiger partial charge < -0.3 is 15.8 Å². The van der Waals surface area contributed by atoms with E-state index >= 15 is 0 Å². The highest BCUT2D eigenvalue weighted by Gasteiger charge is 2.15. The average molecular weight is 421 g/mol. The molecule has 1 aromatic heterocycles. The van der Waals surface area contributed by atoms with E-state index in [1.54, 1.807) is 6.07 Å². The van der Waals surface area contributed by atoms with E-state index in [1.165, 1.54) is 25.1 Å². The molecule has 8 heteroatoms. The van der Waals surface area contributed by atoms with Crippen LogP contribution in [-0.2, 0) is 9.53 Å². The van der Waals surface area contributed by atoms with Crippen molar-refractivity contribution in [1.82, 2.24) is 15.5 Å². The molecule has 0 atom stereocenters. The van der Waals surface area contributed by atoms with Crippen LogP contribution in [0, 0.1) is 5.82 Å². The van der Waals surface area contributed by atoms with E-state index in [1.807, 2.05) is 20.8 Å². The minimum absolute atomic E-state index is 0.225. The molecule has 2 aromatic rings. The van der Waals surface area contributed by atoms with Crippen molar-refractivity contribution < 1.29 is 13.9 Å². The molecule has 3 N–H and O–H groups in total. The van der Waals surface area contributed by atoms with Gasteiger partial charge in [-0.1, -0.05) is 17.7 Å². The van der Waals surface area contributed by atoms with Crippen molar-refractivity contribution >= 4 is 28.8 Å². The number of carbonyl (C=O) groups is 1. The molecule has 29 heavy (non-hydrogen) atoms. The Kier molecular flexibility index (Phi) is 7.70. The minimum atomic E-state index is -0.403. The third kappa shape index (κ3) is 7.11. The van der Waals surface area contributed by atoms with Crippen LogP contribution >= 0.6 is 11.6 Å². The summed E-state index contributed by atoms with van der Waals surface area (Å²) in [5.41, 5.74) is 8.54. The van der Waals surface area contributed by atoms with Crippen molar-refractivity contribution in [2.75, 3.05) is 18.8 Å². The summed E-state index contributed by atoms with van der Waals surface area (Å²) < 4.78 is 18.7. The van der Waals surface area contributed by atoms with Crippen LogP contribution in [0.3, 0.4) is 0 Å². The second-order valence-corrected chi connectivity index (χ2v) is 7.99. The Morgan fingerprint density at radius 1 is 1.28 bits per heavy atom. The summed E-state index contributed by atoms with van der Waals surface area (Å²) in [4.78, 5) is 10.2. The van der Waals surface area contributed by atoms with E-state index in [9.17, 15) is 9.18 Å². The van der Waals surface area contributed by atoms with Crippen LogP contribution in [-0.4, -0.2) is 34.9 Å². The summed E-state index contributed by atoms with van der Waals surface area (Å²) >= 11 is 5.90. The second kappa shape index (κ2) is 9.80. The van der Waals surface area contributed by atoms with Gasteiger partial charge in [-0.2, -0.15) is 0 Å². The molecular weight excluding hydrogens is 395 g/mol. The van der Waals surface area contributed by atoms with Gasteiger partial charge in [0.2, 0.25) is 0 Å². The van der Waals surface area contributed by atoms with Gasteiger partial charge in [-0.05, 0) is 63.6 Å². The van der Waals surface area contributed by atoms with Crippen LogP contribution in [0.15, 0.2) is 30.3 Å². The molecule has 0 saturated heterocycles. The SMILES string of the molecule is CC(=O)OC(C)(C)C.Nc1cc(-c2cc(Cl)ccc2F)nnc1C1=CCCNC1. The molecule has 1 aliphatic rings.